The summed E-state index contributed by atoms with van der Waals surface area (Å²) in [5, 5.41) is 14.7. The SMILES string of the molecule is C[Si](C)(C)Cn1cc([C@@H]2CC3(CCN2)OCCc2ccsc23)nn1. The zero-order chi connectivity index (χ0) is 16.8. The molecule has 0 saturated carbocycles. The largest absolute Gasteiger partial charge is 0.369 e. The molecule has 4 rings (SSSR count). The van der Waals surface area contributed by atoms with E-state index >= 15 is 0 Å². The van der Waals surface area contributed by atoms with Gasteiger partial charge in [-0.3, -0.25) is 4.68 Å². The van der Waals surface area contributed by atoms with Crippen LogP contribution in [0, 0.1) is 0 Å². The highest BCUT2D eigenvalue weighted by Gasteiger charge is 2.44. The molecule has 1 fully saturated rings. The third-order valence-electron chi connectivity index (χ3n) is 4.91. The maximum Gasteiger partial charge on any atom is 0.106 e. The highest BCUT2D eigenvalue weighted by Crippen LogP contribution is 2.46. The summed E-state index contributed by atoms with van der Waals surface area (Å²) in [5.41, 5.74) is 2.41. The van der Waals surface area contributed by atoms with Crippen LogP contribution in [0.15, 0.2) is 17.6 Å². The van der Waals surface area contributed by atoms with Crippen molar-refractivity contribution < 1.29 is 4.74 Å². The van der Waals surface area contributed by atoms with Crippen molar-refractivity contribution in [1.29, 1.82) is 0 Å². The predicted molar refractivity (Wildman–Crippen MR) is 99.0 cm³/mol. The Balaban J connectivity index is 1.56. The van der Waals surface area contributed by atoms with Crippen LogP contribution in [0.1, 0.15) is 35.0 Å². The summed E-state index contributed by atoms with van der Waals surface area (Å²) in [7, 11) is -1.19. The van der Waals surface area contributed by atoms with Gasteiger partial charge in [-0.1, -0.05) is 24.9 Å². The highest BCUT2D eigenvalue weighted by molar-refractivity contribution is 7.10. The van der Waals surface area contributed by atoms with Crippen molar-refractivity contribution in [3.05, 3.63) is 33.8 Å². The van der Waals surface area contributed by atoms with Crippen molar-refractivity contribution in [2.75, 3.05) is 13.2 Å². The van der Waals surface area contributed by atoms with Gasteiger partial charge in [0.05, 0.1) is 26.4 Å². The number of piperidine rings is 1. The summed E-state index contributed by atoms with van der Waals surface area (Å²) in [4.78, 5) is 1.44. The third kappa shape index (κ3) is 3.10. The Morgan fingerprint density at radius 3 is 3.17 bits per heavy atom. The van der Waals surface area contributed by atoms with E-state index in [1.807, 2.05) is 16.0 Å². The number of nitrogens with zero attached hydrogens (tertiary/aromatic N) is 3. The Morgan fingerprint density at radius 2 is 2.33 bits per heavy atom. The van der Waals surface area contributed by atoms with Gasteiger partial charge in [0.1, 0.15) is 5.60 Å². The molecule has 1 N–H and O–H groups in total. The summed E-state index contributed by atoms with van der Waals surface area (Å²) in [6.45, 7) is 8.87. The summed E-state index contributed by atoms with van der Waals surface area (Å²) < 4.78 is 8.38. The molecule has 4 heterocycles. The van der Waals surface area contributed by atoms with E-state index in [4.69, 9.17) is 4.74 Å². The predicted octanol–water partition coefficient (Wildman–Crippen LogP) is 3.11. The molecule has 2 aliphatic heterocycles. The first kappa shape index (κ1) is 16.4. The molecule has 2 aliphatic rings. The van der Waals surface area contributed by atoms with Crippen molar-refractivity contribution >= 4 is 19.4 Å². The number of ether oxygens (including phenoxy) is 1. The second-order valence-electron chi connectivity index (χ2n) is 8.23. The lowest BCUT2D eigenvalue weighted by Gasteiger charge is -2.43. The van der Waals surface area contributed by atoms with E-state index in [-0.39, 0.29) is 11.6 Å². The molecule has 7 heteroatoms. The number of fused-ring (bicyclic) bond motifs is 2. The Labute approximate surface area is 148 Å². The molecule has 0 aliphatic carbocycles. The van der Waals surface area contributed by atoms with E-state index in [0.717, 1.165) is 44.3 Å². The van der Waals surface area contributed by atoms with Gasteiger partial charge in [-0.15, -0.1) is 16.4 Å². The minimum atomic E-state index is -1.19. The van der Waals surface area contributed by atoms with Crippen molar-refractivity contribution in [2.24, 2.45) is 0 Å². The Kier molecular flexibility index (Phi) is 4.15. The lowest BCUT2D eigenvalue weighted by Crippen LogP contribution is -2.45. The molecule has 0 aromatic carbocycles. The molecule has 2 atom stereocenters. The van der Waals surface area contributed by atoms with Crippen LogP contribution in [0.25, 0.3) is 0 Å². The van der Waals surface area contributed by atoms with Gasteiger partial charge in [0.2, 0.25) is 0 Å². The van der Waals surface area contributed by atoms with E-state index in [9.17, 15) is 0 Å². The second-order valence-corrected chi connectivity index (χ2v) is 14.6. The number of rotatable bonds is 3. The minimum absolute atomic E-state index is 0.125. The van der Waals surface area contributed by atoms with Gasteiger partial charge in [0, 0.05) is 23.7 Å². The number of hydrogen-bond donors (Lipinski definition) is 1. The molecule has 0 amide bonds. The summed E-state index contributed by atoms with van der Waals surface area (Å²) >= 11 is 1.85. The van der Waals surface area contributed by atoms with Gasteiger partial charge in [0.25, 0.3) is 0 Å². The Morgan fingerprint density at radius 1 is 1.46 bits per heavy atom. The zero-order valence-corrected chi connectivity index (χ0v) is 16.5. The van der Waals surface area contributed by atoms with Gasteiger partial charge in [-0.25, -0.2) is 0 Å². The monoisotopic (exact) mass is 362 g/mol. The first-order valence-corrected chi connectivity index (χ1v) is 13.4. The van der Waals surface area contributed by atoms with Crippen molar-refractivity contribution in [3.63, 3.8) is 0 Å². The molecule has 2 aromatic heterocycles. The summed E-state index contributed by atoms with van der Waals surface area (Å²) in [6, 6.07) is 2.49. The molecule has 1 spiro atoms. The minimum Gasteiger partial charge on any atom is -0.369 e. The molecule has 2 aromatic rings. The van der Waals surface area contributed by atoms with Gasteiger partial charge < -0.3 is 10.1 Å². The first-order chi connectivity index (χ1) is 11.5. The molecular weight excluding hydrogens is 336 g/mol. The van der Waals surface area contributed by atoms with Crippen LogP contribution < -0.4 is 5.32 Å². The maximum absolute atomic E-state index is 6.35. The molecule has 130 valence electrons. The Bertz CT molecular complexity index is 722. The number of thiophene rings is 1. The van der Waals surface area contributed by atoms with Crippen molar-refractivity contribution in [3.8, 4) is 0 Å². The quantitative estimate of drug-likeness (QED) is 0.853. The topological polar surface area (TPSA) is 52.0 Å². The van der Waals surface area contributed by atoms with Crippen LogP contribution in [0.2, 0.25) is 19.6 Å². The molecule has 1 unspecified atom stereocenters. The first-order valence-electron chi connectivity index (χ1n) is 8.79. The lowest BCUT2D eigenvalue weighted by molar-refractivity contribution is -0.0871. The van der Waals surface area contributed by atoms with Gasteiger partial charge in [-0.2, -0.15) is 0 Å². The van der Waals surface area contributed by atoms with E-state index in [0.29, 0.717) is 0 Å². The zero-order valence-electron chi connectivity index (χ0n) is 14.7. The van der Waals surface area contributed by atoms with Crippen LogP contribution in [0.3, 0.4) is 0 Å². The molecular formula is C17H26N4OSSi. The van der Waals surface area contributed by atoms with Crippen LogP contribution in [0.4, 0.5) is 0 Å². The number of nitrogens with one attached hydrogen (secondary N) is 1. The standard InChI is InChI=1S/C17H26N4OSSi/c1-24(2,3)12-21-11-15(19-20-21)14-10-17(6-7-18-14)16-13(4-8-22-17)5-9-23-16/h5,9,11,14,18H,4,6-8,10,12H2,1-3H3/t14-,17?/m0/s1. The van der Waals surface area contributed by atoms with E-state index in [1.54, 1.807) is 0 Å². The van der Waals surface area contributed by atoms with Crippen LogP contribution in [-0.2, 0) is 22.9 Å². The van der Waals surface area contributed by atoms with Gasteiger partial charge in [0.15, 0.2) is 0 Å². The van der Waals surface area contributed by atoms with Crippen LogP contribution in [0.5, 0.6) is 0 Å². The average Bonchev–Trinajstić information content (AvgIpc) is 3.16. The van der Waals surface area contributed by atoms with Gasteiger partial charge >= 0.3 is 0 Å². The van der Waals surface area contributed by atoms with Crippen molar-refractivity contribution in [2.45, 2.75) is 56.7 Å². The summed E-state index contributed by atoms with van der Waals surface area (Å²) in [6.07, 6.45) is 6.19. The van der Waals surface area contributed by atoms with E-state index in [2.05, 4.69) is 52.9 Å². The van der Waals surface area contributed by atoms with Crippen LogP contribution >= 0.6 is 11.3 Å². The van der Waals surface area contributed by atoms with E-state index in [1.165, 1.54) is 10.4 Å². The fraction of sp³-hybridized carbons (Fsp3) is 0.647. The van der Waals surface area contributed by atoms with E-state index < -0.39 is 8.07 Å². The fourth-order valence-corrected chi connectivity index (χ4v) is 6.16. The molecule has 0 bridgehead atoms. The van der Waals surface area contributed by atoms with Crippen molar-refractivity contribution in [1.82, 2.24) is 20.3 Å². The maximum atomic E-state index is 6.35. The number of aromatic nitrogens is 3. The number of hydrogen-bond acceptors (Lipinski definition) is 5. The Hall–Kier alpha value is -1.02. The molecule has 24 heavy (non-hydrogen) atoms. The molecule has 1 saturated heterocycles. The van der Waals surface area contributed by atoms with Gasteiger partial charge in [-0.05, 0) is 36.4 Å². The molecule has 5 nitrogen and oxygen atoms in total. The average molecular weight is 363 g/mol. The lowest BCUT2D eigenvalue weighted by atomic mass is 9.82. The van der Waals surface area contributed by atoms with Crippen LogP contribution in [-0.4, -0.2) is 36.2 Å². The normalized spacial score (nSPS) is 27.4. The highest BCUT2D eigenvalue weighted by atomic mass is 32.1. The second kappa shape index (κ2) is 6.05. The smallest absolute Gasteiger partial charge is 0.106 e. The summed E-state index contributed by atoms with van der Waals surface area (Å²) in [5.74, 6) is 0. The third-order valence-corrected chi connectivity index (χ3v) is 7.33. The molecule has 0 radical (unpaired) electrons. The fourth-order valence-electron chi connectivity index (χ4n) is 3.89.